The second kappa shape index (κ2) is 6.18. The zero-order chi connectivity index (χ0) is 15.5. The van der Waals surface area contributed by atoms with E-state index in [2.05, 4.69) is 42.3 Å². The molecule has 0 saturated heterocycles. The summed E-state index contributed by atoms with van der Waals surface area (Å²) in [5, 5.41) is 2.96. The van der Waals surface area contributed by atoms with E-state index in [0.717, 1.165) is 24.5 Å². The number of rotatable bonds is 4. The molecule has 0 atom stereocenters. The zero-order valence-corrected chi connectivity index (χ0v) is 13.0. The molecular formula is C18H21N3O. The van der Waals surface area contributed by atoms with Crippen molar-refractivity contribution < 1.29 is 4.79 Å². The summed E-state index contributed by atoms with van der Waals surface area (Å²) in [6, 6.07) is 12.1. The lowest BCUT2D eigenvalue weighted by atomic mass is 10.0. The molecule has 1 N–H and O–H groups in total. The SMILES string of the molecule is CC(C)c1ccc(NC(=O)CN2CCc3cccnc32)cc1. The minimum absolute atomic E-state index is 0.00389. The molecule has 1 amide bonds. The Hall–Kier alpha value is -2.36. The second-order valence-corrected chi connectivity index (χ2v) is 5.98. The van der Waals surface area contributed by atoms with Gasteiger partial charge < -0.3 is 10.2 Å². The third kappa shape index (κ3) is 3.11. The number of anilines is 2. The van der Waals surface area contributed by atoms with Crippen LogP contribution in [0.1, 0.15) is 30.9 Å². The summed E-state index contributed by atoms with van der Waals surface area (Å²) in [5.74, 6) is 1.43. The van der Waals surface area contributed by atoms with Gasteiger partial charge in [-0.05, 0) is 41.7 Å². The van der Waals surface area contributed by atoms with E-state index in [1.54, 1.807) is 6.20 Å². The van der Waals surface area contributed by atoms with Gasteiger partial charge in [0, 0.05) is 18.4 Å². The van der Waals surface area contributed by atoms with Crippen molar-refractivity contribution in [1.29, 1.82) is 0 Å². The first-order valence-electron chi connectivity index (χ1n) is 7.72. The molecule has 1 aliphatic heterocycles. The standard InChI is InChI=1S/C18H21N3O/c1-13(2)14-5-7-16(8-6-14)20-17(22)12-21-11-9-15-4-3-10-19-18(15)21/h3-8,10,13H,9,11-12H2,1-2H3,(H,20,22). The lowest BCUT2D eigenvalue weighted by Gasteiger charge is -2.17. The van der Waals surface area contributed by atoms with Gasteiger partial charge in [-0.3, -0.25) is 4.79 Å². The topological polar surface area (TPSA) is 45.2 Å². The Morgan fingerprint density at radius 1 is 1.27 bits per heavy atom. The third-order valence-electron chi connectivity index (χ3n) is 4.01. The molecule has 1 aromatic heterocycles. The number of amides is 1. The van der Waals surface area contributed by atoms with E-state index < -0.39 is 0 Å². The minimum atomic E-state index is -0.00389. The summed E-state index contributed by atoms with van der Waals surface area (Å²) in [4.78, 5) is 18.6. The Kier molecular flexibility index (Phi) is 4.09. The molecule has 4 heteroatoms. The number of pyridine rings is 1. The van der Waals surface area contributed by atoms with E-state index >= 15 is 0 Å². The molecule has 2 aromatic rings. The van der Waals surface area contributed by atoms with Gasteiger partial charge in [0.25, 0.3) is 0 Å². The molecule has 0 saturated carbocycles. The van der Waals surface area contributed by atoms with Crippen LogP contribution in [0.25, 0.3) is 0 Å². The van der Waals surface area contributed by atoms with Crippen molar-refractivity contribution in [2.45, 2.75) is 26.2 Å². The lowest BCUT2D eigenvalue weighted by molar-refractivity contribution is -0.115. The quantitative estimate of drug-likeness (QED) is 0.942. The van der Waals surface area contributed by atoms with Gasteiger partial charge >= 0.3 is 0 Å². The van der Waals surface area contributed by atoms with Crippen molar-refractivity contribution in [3.8, 4) is 0 Å². The second-order valence-electron chi connectivity index (χ2n) is 5.98. The number of nitrogens with zero attached hydrogens (tertiary/aromatic N) is 2. The zero-order valence-electron chi connectivity index (χ0n) is 13.0. The fourth-order valence-corrected chi connectivity index (χ4v) is 2.75. The van der Waals surface area contributed by atoms with E-state index in [-0.39, 0.29) is 5.91 Å². The first-order chi connectivity index (χ1) is 10.6. The molecule has 1 aromatic carbocycles. The fraction of sp³-hybridized carbons (Fsp3) is 0.333. The van der Waals surface area contributed by atoms with Crippen molar-refractivity contribution in [2.75, 3.05) is 23.3 Å². The van der Waals surface area contributed by atoms with Gasteiger partial charge in [-0.25, -0.2) is 4.98 Å². The van der Waals surface area contributed by atoms with Crippen molar-refractivity contribution in [1.82, 2.24) is 4.98 Å². The third-order valence-corrected chi connectivity index (χ3v) is 4.01. The highest BCUT2D eigenvalue weighted by Gasteiger charge is 2.21. The van der Waals surface area contributed by atoms with Crippen molar-refractivity contribution >= 4 is 17.4 Å². The average Bonchev–Trinajstić information content (AvgIpc) is 2.91. The molecule has 4 nitrogen and oxygen atoms in total. The molecule has 3 rings (SSSR count). The Bertz CT molecular complexity index is 664. The Balaban J connectivity index is 1.61. The van der Waals surface area contributed by atoms with Gasteiger partial charge in [0.1, 0.15) is 5.82 Å². The van der Waals surface area contributed by atoms with Crippen molar-refractivity contribution in [3.05, 3.63) is 53.7 Å². The summed E-state index contributed by atoms with van der Waals surface area (Å²) in [7, 11) is 0. The molecule has 0 aliphatic carbocycles. The molecule has 114 valence electrons. The number of nitrogens with one attached hydrogen (secondary N) is 1. The van der Waals surface area contributed by atoms with Crippen LogP contribution in [-0.4, -0.2) is 24.0 Å². The molecule has 1 aliphatic rings. The highest BCUT2D eigenvalue weighted by atomic mass is 16.2. The molecule has 0 bridgehead atoms. The van der Waals surface area contributed by atoms with Gasteiger partial charge in [-0.1, -0.05) is 32.0 Å². The maximum atomic E-state index is 12.2. The number of carbonyl (C=O) groups excluding carboxylic acids is 1. The van der Waals surface area contributed by atoms with Crippen LogP contribution >= 0.6 is 0 Å². The minimum Gasteiger partial charge on any atom is -0.347 e. The van der Waals surface area contributed by atoms with E-state index in [0.29, 0.717) is 12.5 Å². The Morgan fingerprint density at radius 3 is 2.77 bits per heavy atom. The molecule has 2 heterocycles. The molecule has 0 radical (unpaired) electrons. The van der Waals surface area contributed by atoms with Gasteiger partial charge in [-0.2, -0.15) is 0 Å². The van der Waals surface area contributed by atoms with Gasteiger partial charge in [0.15, 0.2) is 0 Å². The fourth-order valence-electron chi connectivity index (χ4n) is 2.75. The summed E-state index contributed by atoms with van der Waals surface area (Å²) >= 11 is 0. The molecule has 0 spiro atoms. The highest BCUT2D eigenvalue weighted by Crippen LogP contribution is 2.24. The van der Waals surface area contributed by atoms with Crippen LogP contribution in [-0.2, 0) is 11.2 Å². The summed E-state index contributed by atoms with van der Waals surface area (Å²) < 4.78 is 0. The predicted octanol–water partition coefficient (Wildman–Crippen LogP) is 3.21. The first-order valence-corrected chi connectivity index (χ1v) is 7.72. The lowest BCUT2D eigenvalue weighted by Crippen LogP contribution is -2.32. The smallest absolute Gasteiger partial charge is 0.243 e. The summed E-state index contributed by atoms with van der Waals surface area (Å²) in [6.07, 6.45) is 2.74. The number of hydrogen-bond acceptors (Lipinski definition) is 3. The van der Waals surface area contributed by atoms with Gasteiger partial charge in [0.2, 0.25) is 5.91 Å². The maximum absolute atomic E-state index is 12.2. The number of carbonyl (C=O) groups is 1. The first kappa shape index (κ1) is 14.6. The van der Waals surface area contributed by atoms with Crippen molar-refractivity contribution in [3.63, 3.8) is 0 Å². The van der Waals surface area contributed by atoms with Crippen LogP contribution in [0.2, 0.25) is 0 Å². The van der Waals surface area contributed by atoms with Crippen LogP contribution < -0.4 is 10.2 Å². The van der Waals surface area contributed by atoms with E-state index in [9.17, 15) is 4.79 Å². The van der Waals surface area contributed by atoms with E-state index in [1.807, 2.05) is 23.1 Å². The number of aromatic nitrogens is 1. The highest BCUT2D eigenvalue weighted by molar-refractivity contribution is 5.94. The Morgan fingerprint density at radius 2 is 2.05 bits per heavy atom. The van der Waals surface area contributed by atoms with Crippen LogP contribution in [0.3, 0.4) is 0 Å². The Labute approximate surface area is 131 Å². The van der Waals surface area contributed by atoms with E-state index in [1.165, 1.54) is 11.1 Å². The number of fused-ring (bicyclic) bond motifs is 1. The monoisotopic (exact) mass is 295 g/mol. The molecule has 0 unspecified atom stereocenters. The molecule has 0 fully saturated rings. The van der Waals surface area contributed by atoms with E-state index in [4.69, 9.17) is 0 Å². The largest absolute Gasteiger partial charge is 0.347 e. The predicted molar refractivity (Wildman–Crippen MR) is 89.3 cm³/mol. The summed E-state index contributed by atoms with van der Waals surface area (Å²) in [6.45, 7) is 5.51. The molecule has 22 heavy (non-hydrogen) atoms. The summed E-state index contributed by atoms with van der Waals surface area (Å²) in [5.41, 5.74) is 3.34. The average molecular weight is 295 g/mol. The normalized spacial score (nSPS) is 13.3. The van der Waals surface area contributed by atoms with Gasteiger partial charge in [0.05, 0.1) is 6.54 Å². The van der Waals surface area contributed by atoms with Crippen LogP contribution in [0, 0.1) is 0 Å². The number of benzene rings is 1. The van der Waals surface area contributed by atoms with Crippen LogP contribution in [0.5, 0.6) is 0 Å². The van der Waals surface area contributed by atoms with Gasteiger partial charge in [-0.15, -0.1) is 0 Å². The molecular weight excluding hydrogens is 274 g/mol. The van der Waals surface area contributed by atoms with Crippen molar-refractivity contribution in [2.24, 2.45) is 0 Å². The maximum Gasteiger partial charge on any atom is 0.243 e. The van der Waals surface area contributed by atoms with Crippen LogP contribution in [0.15, 0.2) is 42.6 Å². The van der Waals surface area contributed by atoms with Crippen LogP contribution in [0.4, 0.5) is 11.5 Å². The number of hydrogen-bond donors (Lipinski definition) is 1.